The lowest BCUT2D eigenvalue weighted by molar-refractivity contribution is 0.0955. The Morgan fingerprint density at radius 1 is 1.39 bits per heavy atom. The molecule has 2 aromatic rings. The second-order valence-corrected chi connectivity index (χ2v) is 5.61. The molecule has 1 aromatic heterocycles. The number of hydrogen-bond acceptors (Lipinski definition) is 2. The number of benzene rings is 1. The van der Waals surface area contributed by atoms with Crippen LogP contribution in [0, 0.1) is 6.92 Å². The smallest absolute Gasteiger partial charge is 0.253 e. The second kappa shape index (κ2) is 7.86. The zero-order chi connectivity index (χ0) is 16.8. The van der Waals surface area contributed by atoms with E-state index in [0.717, 1.165) is 47.3 Å². The molecular weight excluding hydrogens is 288 g/mol. The first kappa shape index (κ1) is 17.1. The van der Waals surface area contributed by atoms with Crippen molar-refractivity contribution in [1.82, 2.24) is 9.88 Å². The molecule has 23 heavy (non-hydrogen) atoms. The number of nitrogens with zero attached hydrogens (tertiary/aromatic N) is 1. The molecule has 0 bridgehead atoms. The van der Waals surface area contributed by atoms with Crippen molar-refractivity contribution in [3.05, 3.63) is 41.6 Å². The molecule has 1 aromatic carbocycles. The Labute approximate surface area is 138 Å². The highest BCUT2D eigenvalue weighted by atomic mass is 16.5. The fourth-order valence-electron chi connectivity index (χ4n) is 2.91. The molecule has 0 atom stereocenters. The van der Waals surface area contributed by atoms with E-state index in [1.165, 1.54) is 0 Å². The summed E-state index contributed by atoms with van der Waals surface area (Å²) in [5.41, 5.74) is 2.86. The topological polar surface area (TPSA) is 43.3 Å². The summed E-state index contributed by atoms with van der Waals surface area (Å²) < 4.78 is 7.55. The highest BCUT2D eigenvalue weighted by Crippen LogP contribution is 2.29. The Balaban J connectivity index is 2.43. The van der Waals surface area contributed by atoms with Crippen LogP contribution in [0.1, 0.15) is 42.7 Å². The molecule has 0 aliphatic carbocycles. The molecule has 0 fully saturated rings. The summed E-state index contributed by atoms with van der Waals surface area (Å²) >= 11 is 0. The van der Waals surface area contributed by atoms with Gasteiger partial charge in [-0.05, 0) is 44.9 Å². The number of rotatable bonds is 7. The number of hydrogen-bond donors (Lipinski definition) is 1. The first-order valence-electron chi connectivity index (χ1n) is 8.20. The Kier molecular flexibility index (Phi) is 5.85. The molecule has 2 rings (SSSR count). The van der Waals surface area contributed by atoms with Crippen LogP contribution < -0.4 is 10.1 Å². The minimum absolute atomic E-state index is 0.0138. The van der Waals surface area contributed by atoms with E-state index in [2.05, 4.69) is 22.9 Å². The third kappa shape index (κ3) is 3.58. The standard InChI is InChI=1S/C19H26N2O2/c1-5-7-8-11-20-19(22)18-14(3)21(12-6-2)17-10-9-15(23-4)13-16(17)18/h5,7,9-10,13H,6,8,11-12H2,1-4H3,(H,20,22)/b7-5+. The zero-order valence-electron chi connectivity index (χ0n) is 14.5. The van der Waals surface area contributed by atoms with Crippen molar-refractivity contribution in [1.29, 1.82) is 0 Å². The Morgan fingerprint density at radius 3 is 2.83 bits per heavy atom. The summed E-state index contributed by atoms with van der Waals surface area (Å²) in [7, 11) is 1.65. The van der Waals surface area contributed by atoms with Gasteiger partial charge in [0.2, 0.25) is 0 Å². The zero-order valence-corrected chi connectivity index (χ0v) is 14.5. The molecule has 124 valence electrons. The van der Waals surface area contributed by atoms with Crippen molar-refractivity contribution in [3.63, 3.8) is 0 Å². The van der Waals surface area contributed by atoms with Crippen molar-refractivity contribution in [2.24, 2.45) is 0 Å². The third-order valence-electron chi connectivity index (χ3n) is 4.04. The maximum atomic E-state index is 12.7. The number of nitrogens with one attached hydrogen (secondary N) is 1. The summed E-state index contributed by atoms with van der Waals surface area (Å²) in [6.07, 6.45) is 5.92. The van der Waals surface area contributed by atoms with Gasteiger partial charge in [0, 0.05) is 29.7 Å². The number of carbonyl (C=O) groups excluding carboxylic acids is 1. The molecule has 0 unspecified atom stereocenters. The van der Waals surface area contributed by atoms with Crippen LogP contribution in [-0.2, 0) is 6.54 Å². The maximum Gasteiger partial charge on any atom is 0.253 e. The van der Waals surface area contributed by atoms with Crippen molar-refractivity contribution in [2.75, 3.05) is 13.7 Å². The molecule has 0 saturated carbocycles. The Hall–Kier alpha value is -2.23. The third-order valence-corrected chi connectivity index (χ3v) is 4.04. The van der Waals surface area contributed by atoms with E-state index in [1.54, 1.807) is 7.11 Å². The number of aromatic nitrogens is 1. The van der Waals surface area contributed by atoms with E-state index >= 15 is 0 Å². The SMILES string of the molecule is C/C=C/CCNC(=O)c1c(C)n(CCC)c2ccc(OC)cc12. The number of carbonyl (C=O) groups is 1. The summed E-state index contributed by atoms with van der Waals surface area (Å²) in [5, 5.41) is 3.97. The molecular formula is C19H26N2O2. The van der Waals surface area contributed by atoms with Crippen molar-refractivity contribution >= 4 is 16.8 Å². The number of aryl methyl sites for hydroxylation is 1. The van der Waals surface area contributed by atoms with Crippen LogP contribution in [0.3, 0.4) is 0 Å². The lowest BCUT2D eigenvalue weighted by Crippen LogP contribution is -2.24. The minimum atomic E-state index is -0.0138. The highest BCUT2D eigenvalue weighted by Gasteiger charge is 2.19. The van der Waals surface area contributed by atoms with Crippen LogP contribution in [0.5, 0.6) is 5.75 Å². The van der Waals surface area contributed by atoms with Gasteiger partial charge in [-0.15, -0.1) is 0 Å². The van der Waals surface area contributed by atoms with Crippen molar-refractivity contribution in [2.45, 2.75) is 40.2 Å². The van der Waals surface area contributed by atoms with E-state index in [4.69, 9.17) is 4.74 Å². The molecule has 4 nitrogen and oxygen atoms in total. The van der Waals surface area contributed by atoms with Gasteiger partial charge in [0.15, 0.2) is 0 Å². The Bertz CT molecular complexity index is 714. The lowest BCUT2D eigenvalue weighted by atomic mass is 10.1. The van der Waals surface area contributed by atoms with Crippen LogP contribution >= 0.6 is 0 Å². The van der Waals surface area contributed by atoms with Gasteiger partial charge in [0.05, 0.1) is 12.7 Å². The first-order valence-corrected chi connectivity index (χ1v) is 8.20. The van der Waals surface area contributed by atoms with Gasteiger partial charge in [-0.3, -0.25) is 4.79 Å². The van der Waals surface area contributed by atoms with E-state index in [9.17, 15) is 4.79 Å². The van der Waals surface area contributed by atoms with E-state index in [-0.39, 0.29) is 5.91 Å². The molecule has 1 N–H and O–H groups in total. The minimum Gasteiger partial charge on any atom is -0.497 e. The van der Waals surface area contributed by atoms with Crippen molar-refractivity contribution in [3.8, 4) is 5.75 Å². The fraction of sp³-hybridized carbons (Fsp3) is 0.421. The van der Waals surface area contributed by atoms with E-state index in [0.29, 0.717) is 6.54 Å². The maximum absolute atomic E-state index is 12.7. The van der Waals surface area contributed by atoms with Crippen LogP contribution in [-0.4, -0.2) is 24.1 Å². The van der Waals surface area contributed by atoms with E-state index in [1.807, 2.05) is 38.1 Å². The van der Waals surface area contributed by atoms with Gasteiger partial charge < -0.3 is 14.6 Å². The molecule has 4 heteroatoms. The van der Waals surface area contributed by atoms with Gasteiger partial charge >= 0.3 is 0 Å². The van der Waals surface area contributed by atoms with Crippen LogP contribution in [0.2, 0.25) is 0 Å². The molecule has 0 spiro atoms. The van der Waals surface area contributed by atoms with Gasteiger partial charge in [0.1, 0.15) is 5.75 Å². The molecule has 0 aliphatic heterocycles. The quantitative estimate of drug-likeness (QED) is 0.618. The number of ether oxygens (including phenoxy) is 1. The first-order chi connectivity index (χ1) is 11.1. The molecule has 0 aliphatic rings. The average molecular weight is 314 g/mol. The predicted molar refractivity (Wildman–Crippen MR) is 95.3 cm³/mol. The predicted octanol–water partition coefficient (Wildman–Crippen LogP) is 4.06. The fourth-order valence-corrected chi connectivity index (χ4v) is 2.91. The number of amides is 1. The summed E-state index contributed by atoms with van der Waals surface area (Å²) in [4.78, 5) is 12.7. The van der Waals surface area contributed by atoms with Gasteiger partial charge in [-0.25, -0.2) is 0 Å². The normalized spacial score (nSPS) is 11.3. The summed E-state index contributed by atoms with van der Waals surface area (Å²) in [5.74, 6) is 0.759. The summed E-state index contributed by atoms with van der Waals surface area (Å²) in [6.45, 7) is 7.69. The van der Waals surface area contributed by atoms with Crippen LogP contribution in [0.4, 0.5) is 0 Å². The van der Waals surface area contributed by atoms with E-state index < -0.39 is 0 Å². The average Bonchev–Trinajstić information content (AvgIpc) is 2.83. The van der Waals surface area contributed by atoms with Gasteiger partial charge in [-0.2, -0.15) is 0 Å². The lowest BCUT2D eigenvalue weighted by Gasteiger charge is -2.07. The van der Waals surface area contributed by atoms with Crippen molar-refractivity contribution < 1.29 is 9.53 Å². The summed E-state index contributed by atoms with van der Waals surface area (Å²) in [6, 6.07) is 5.93. The van der Waals surface area contributed by atoms with Gasteiger partial charge in [0.25, 0.3) is 5.91 Å². The largest absolute Gasteiger partial charge is 0.497 e. The van der Waals surface area contributed by atoms with Crippen LogP contribution in [0.25, 0.3) is 10.9 Å². The highest BCUT2D eigenvalue weighted by molar-refractivity contribution is 6.08. The van der Waals surface area contributed by atoms with Gasteiger partial charge in [-0.1, -0.05) is 19.1 Å². The molecule has 1 amide bonds. The molecule has 0 radical (unpaired) electrons. The molecule has 1 heterocycles. The number of fused-ring (bicyclic) bond motifs is 1. The second-order valence-electron chi connectivity index (χ2n) is 5.61. The van der Waals surface area contributed by atoms with Crippen LogP contribution in [0.15, 0.2) is 30.4 Å². The number of allylic oxidation sites excluding steroid dienone is 1. The monoisotopic (exact) mass is 314 g/mol. The number of methoxy groups -OCH3 is 1. The Morgan fingerprint density at radius 2 is 2.17 bits per heavy atom. The molecule has 0 saturated heterocycles.